The first-order valence-corrected chi connectivity index (χ1v) is 5.81. The minimum Gasteiger partial charge on any atom is -0.481 e. The first-order chi connectivity index (χ1) is 8.23. The van der Waals surface area contributed by atoms with Crippen LogP contribution in [-0.2, 0) is 4.79 Å². The topological polar surface area (TPSA) is 70.8 Å². The first-order valence-electron chi connectivity index (χ1n) is 5.81. The number of carbonyl (C=O) groups excluding carboxylic acids is 1. The molecule has 0 bridgehead atoms. The predicted octanol–water partition coefficient (Wildman–Crippen LogP) is 2.24. The van der Waals surface area contributed by atoms with Gasteiger partial charge in [-0.1, -0.05) is 6.92 Å². The van der Waals surface area contributed by atoms with Gasteiger partial charge in [0.05, 0.1) is 12.2 Å². The van der Waals surface area contributed by atoms with Gasteiger partial charge in [0.2, 0.25) is 0 Å². The van der Waals surface area contributed by atoms with Crippen LogP contribution >= 0.6 is 0 Å². The molecule has 0 spiro atoms. The highest BCUT2D eigenvalue weighted by Crippen LogP contribution is 2.19. The Morgan fingerprint density at radius 3 is 2.44 bits per heavy atom. The largest absolute Gasteiger partial charge is 0.481 e. The predicted molar refractivity (Wildman–Crippen MR) is 66.3 cm³/mol. The number of nitrogens with zero attached hydrogens (tertiary/aromatic N) is 1. The van der Waals surface area contributed by atoms with Crippen molar-refractivity contribution in [3.63, 3.8) is 0 Å². The lowest BCUT2D eigenvalue weighted by molar-refractivity contribution is -0.141. The van der Waals surface area contributed by atoms with E-state index in [9.17, 15) is 9.59 Å². The summed E-state index contributed by atoms with van der Waals surface area (Å²) in [6.07, 6.45) is 1.43. The average Bonchev–Trinajstić information content (AvgIpc) is 2.75. The van der Waals surface area contributed by atoms with E-state index in [1.54, 1.807) is 19.1 Å². The van der Waals surface area contributed by atoms with Gasteiger partial charge < -0.3 is 14.4 Å². The Bertz CT molecular complexity index is 417. The van der Waals surface area contributed by atoms with Crippen LogP contribution in [0.5, 0.6) is 0 Å². The minimum atomic E-state index is -0.920. The summed E-state index contributed by atoms with van der Waals surface area (Å²) in [7, 11) is 0. The zero-order chi connectivity index (χ0) is 13.9. The molecule has 1 amide bonds. The Hall–Kier alpha value is -1.78. The third-order valence-electron chi connectivity index (χ3n) is 2.66. The number of carbonyl (C=O) groups is 2. The second kappa shape index (κ2) is 5.25. The molecule has 1 aromatic rings. The van der Waals surface area contributed by atoms with E-state index in [0.717, 1.165) is 0 Å². The summed E-state index contributed by atoms with van der Waals surface area (Å²) < 4.78 is 5.07. The number of carboxylic acid groups (broad SMARTS) is 1. The van der Waals surface area contributed by atoms with Crippen molar-refractivity contribution in [1.29, 1.82) is 0 Å². The molecule has 100 valence electrons. The fourth-order valence-electron chi connectivity index (χ4n) is 1.55. The molecule has 1 rings (SSSR count). The summed E-state index contributed by atoms with van der Waals surface area (Å²) in [4.78, 5) is 24.7. The Balaban J connectivity index is 2.93. The smallest absolute Gasteiger partial charge is 0.308 e. The second-order valence-electron chi connectivity index (χ2n) is 5.30. The molecule has 0 fully saturated rings. The maximum Gasteiger partial charge on any atom is 0.308 e. The standard InChI is InChI=1S/C13H19NO4/c1-9(12(16)17)8-14(13(2,3)4)11(15)10-6-5-7-18-10/h5-7,9H,8H2,1-4H3,(H,16,17). The molecule has 1 aromatic heterocycles. The molecule has 0 saturated heterocycles. The lowest BCUT2D eigenvalue weighted by Crippen LogP contribution is -2.48. The van der Waals surface area contributed by atoms with Gasteiger partial charge in [0, 0.05) is 12.1 Å². The van der Waals surface area contributed by atoms with Gasteiger partial charge in [0.1, 0.15) is 0 Å². The molecular formula is C13H19NO4. The number of aliphatic carboxylic acids is 1. The highest BCUT2D eigenvalue weighted by Gasteiger charge is 2.31. The summed E-state index contributed by atoms with van der Waals surface area (Å²) in [5.41, 5.74) is -0.465. The van der Waals surface area contributed by atoms with Crippen LogP contribution in [0.1, 0.15) is 38.2 Å². The Kier molecular flexibility index (Phi) is 4.16. The zero-order valence-corrected chi connectivity index (χ0v) is 11.1. The first kappa shape index (κ1) is 14.3. The minimum absolute atomic E-state index is 0.151. The molecule has 1 heterocycles. The van der Waals surface area contributed by atoms with Gasteiger partial charge in [-0.3, -0.25) is 9.59 Å². The molecular weight excluding hydrogens is 234 g/mol. The van der Waals surface area contributed by atoms with Gasteiger partial charge in [-0.25, -0.2) is 0 Å². The molecule has 0 aliphatic carbocycles. The van der Waals surface area contributed by atoms with Crippen molar-refractivity contribution in [2.45, 2.75) is 33.2 Å². The van der Waals surface area contributed by atoms with Gasteiger partial charge in [0.15, 0.2) is 5.76 Å². The van der Waals surface area contributed by atoms with Crippen molar-refractivity contribution >= 4 is 11.9 Å². The molecule has 18 heavy (non-hydrogen) atoms. The molecule has 0 saturated carbocycles. The number of furan rings is 1. The van der Waals surface area contributed by atoms with Crippen LogP contribution < -0.4 is 0 Å². The summed E-state index contributed by atoms with van der Waals surface area (Å²) >= 11 is 0. The van der Waals surface area contributed by atoms with Gasteiger partial charge in [0.25, 0.3) is 5.91 Å². The van der Waals surface area contributed by atoms with E-state index in [-0.39, 0.29) is 18.2 Å². The van der Waals surface area contributed by atoms with E-state index in [2.05, 4.69) is 0 Å². The van der Waals surface area contributed by atoms with Gasteiger partial charge in [-0.2, -0.15) is 0 Å². The Labute approximate surface area is 106 Å². The third-order valence-corrected chi connectivity index (χ3v) is 2.66. The fraction of sp³-hybridized carbons (Fsp3) is 0.538. The molecule has 0 aromatic carbocycles. The normalized spacial score (nSPS) is 13.1. The fourth-order valence-corrected chi connectivity index (χ4v) is 1.55. The van der Waals surface area contributed by atoms with E-state index in [1.807, 2.05) is 20.8 Å². The van der Waals surface area contributed by atoms with Gasteiger partial charge in [-0.05, 0) is 32.9 Å². The number of carboxylic acids is 1. The molecule has 1 unspecified atom stereocenters. The summed E-state index contributed by atoms with van der Waals surface area (Å²) in [5.74, 6) is -1.61. The van der Waals surface area contributed by atoms with E-state index < -0.39 is 17.4 Å². The van der Waals surface area contributed by atoms with Crippen LogP contribution in [0.25, 0.3) is 0 Å². The number of rotatable bonds is 4. The van der Waals surface area contributed by atoms with Crippen molar-refractivity contribution < 1.29 is 19.1 Å². The Morgan fingerprint density at radius 2 is 2.06 bits per heavy atom. The third kappa shape index (κ3) is 3.35. The van der Waals surface area contributed by atoms with Crippen LogP contribution in [0, 0.1) is 5.92 Å². The second-order valence-corrected chi connectivity index (χ2v) is 5.30. The quantitative estimate of drug-likeness (QED) is 0.893. The maximum atomic E-state index is 12.2. The highest BCUT2D eigenvalue weighted by molar-refractivity contribution is 5.92. The van der Waals surface area contributed by atoms with Crippen molar-refractivity contribution in [3.8, 4) is 0 Å². The van der Waals surface area contributed by atoms with Crippen molar-refractivity contribution in [2.24, 2.45) is 5.92 Å². The summed E-state index contributed by atoms with van der Waals surface area (Å²) in [5, 5.41) is 8.95. The van der Waals surface area contributed by atoms with E-state index in [1.165, 1.54) is 11.2 Å². The molecule has 1 N–H and O–H groups in total. The Morgan fingerprint density at radius 1 is 1.44 bits per heavy atom. The summed E-state index contributed by atoms with van der Waals surface area (Å²) in [6.45, 7) is 7.32. The van der Waals surface area contributed by atoms with Gasteiger partial charge >= 0.3 is 5.97 Å². The van der Waals surface area contributed by atoms with Crippen molar-refractivity contribution in [2.75, 3.05) is 6.54 Å². The zero-order valence-electron chi connectivity index (χ0n) is 11.1. The molecule has 0 radical (unpaired) electrons. The number of hydrogen-bond acceptors (Lipinski definition) is 3. The van der Waals surface area contributed by atoms with E-state index in [0.29, 0.717) is 0 Å². The highest BCUT2D eigenvalue weighted by atomic mass is 16.4. The van der Waals surface area contributed by atoms with E-state index in [4.69, 9.17) is 9.52 Å². The molecule has 0 aliphatic heterocycles. The molecule has 5 nitrogen and oxygen atoms in total. The van der Waals surface area contributed by atoms with Crippen LogP contribution in [-0.4, -0.2) is 34.0 Å². The van der Waals surface area contributed by atoms with Crippen LogP contribution in [0.2, 0.25) is 0 Å². The van der Waals surface area contributed by atoms with Gasteiger partial charge in [-0.15, -0.1) is 0 Å². The number of amides is 1. The summed E-state index contributed by atoms with van der Waals surface area (Å²) in [6, 6.07) is 3.21. The van der Waals surface area contributed by atoms with Crippen LogP contribution in [0.15, 0.2) is 22.8 Å². The van der Waals surface area contributed by atoms with Crippen molar-refractivity contribution in [3.05, 3.63) is 24.2 Å². The van der Waals surface area contributed by atoms with Crippen molar-refractivity contribution in [1.82, 2.24) is 4.90 Å². The maximum absolute atomic E-state index is 12.2. The van der Waals surface area contributed by atoms with Crippen LogP contribution in [0.3, 0.4) is 0 Å². The monoisotopic (exact) mass is 253 g/mol. The SMILES string of the molecule is CC(CN(C(=O)c1ccco1)C(C)(C)C)C(=O)O. The lowest BCUT2D eigenvalue weighted by Gasteiger charge is -2.36. The average molecular weight is 253 g/mol. The molecule has 1 atom stereocenters. The van der Waals surface area contributed by atoms with E-state index >= 15 is 0 Å². The number of hydrogen-bond donors (Lipinski definition) is 1. The molecule has 0 aliphatic rings. The van der Waals surface area contributed by atoms with Crippen LogP contribution in [0.4, 0.5) is 0 Å². The lowest BCUT2D eigenvalue weighted by atomic mass is 10.0. The molecule has 5 heteroatoms.